The van der Waals surface area contributed by atoms with Crippen LogP contribution in [-0.4, -0.2) is 5.91 Å². The van der Waals surface area contributed by atoms with Crippen LogP contribution in [0.2, 0.25) is 0 Å². The molecular formula is C18H13BrN2O2. The van der Waals surface area contributed by atoms with Crippen LogP contribution in [0.15, 0.2) is 51.4 Å². The molecule has 0 aliphatic heterocycles. The first kappa shape index (κ1) is 15.3. The lowest BCUT2D eigenvalue weighted by atomic mass is 10.1. The molecule has 1 N–H and O–H groups in total. The second-order valence-electron chi connectivity index (χ2n) is 5.19. The van der Waals surface area contributed by atoms with Gasteiger partial charge in [-0.05, 0) is 42.8 Å². The zero-order valence-corrected chi connectivity index (χ0v) is 14.0. The van der Waals surface area contributed by atoms with Crippen molar-refractivity contribution in [2.24, 2.45) is 0 Å². The van der Waals surface area contributed by atoms with Crippen LogP contribution < -0.4 is 5.32 Å². The second-order valence-corrected chi connectivity index (χ2v) is 6.11. The van der Waals surface area contributed by atoms with Gasteiger partial charge in [-0.1, -0.05) is 28.1 Å². The van der Waals surface area contributed by atoms with Crippen LogP contribution >= 0.6 is 15.9 Å². The van der Waals surface area contributed by atoms with E-state index in [2.05, 4.69) is 27.3 Å². The van der Waals surface area contributed by atoms with Gasteiger partial charge in [-0.2, -0.15) is 5.26 Å². The molecule has 1 aromatic heterocycles. The number of amides is 1. The second kappa shape index (κ2) is 6.27. The van der Waals surface area contributed by atoms with Crippen molar-refractivity contribution in [2.75, 3.05) is 0 Å². The molecule has 0 aliphatic carbocycles. The molecule has 1 heterocycles. The monoisotopic (exact) mass is 368 g/mol. The molecule has 0 atom stereocenters. The zero-order valence-electron chi connectivity index (χ0n) is 12.4. The molecule has 0 saturated heterocycles. The normalized spacial score (nSPS) is 10.5. The van der Waals surface area contributed by atoms with Crippen molar-refractivity contribution in [3.8, 4) is 6.07 Å². The summed E-state index contributed by atoms with van der Waals surface area (Å²) in [5.74, 6) is 0.0479. The highest BCUT2D eigenvalue weighted by atomic mass is 79.9. The number of furan rings is 1. The summed E-state index contributed by atoms with van der Waals surface area (Å²) in [6.07, 6.45) is 0. The standard InChI is InChI=1S/C18H13BrN2O2/c1-11-15-8-14(19)5-6-16(15)23-17(11)18(22)21-10-13-4-2-3-12(7-13)9-20/h2-8H,10H2,1H3,(H,21,22). The Bertz CT molecular complexity index is 938. The number of carbonyl (C=O) groups excluding carboxylic acids is 1. The van der Waals surface area contributed by atoms with Crippen molar-refractivity contribution in [3.05, 3.63) is 69.4 Å². The maximum Gasteiger partial charge on any atom is 0.287 e. The molecule has 0 bridgehead atoms. The van der Waals surface area contributed by atoms with E-state index in [0.29, 0.717) is 23.5 Å². The van der Waals surface area contributed by atoms with Crippen LogP contribution in [0.5, 0.6) is 0 Å². The third-order valence-electron chi connectivity index (χ3n) is 3.61. The van der Waals surface area contributed by atoms with Crippen LogP contribution in [0.3, 0.4) is 0 Å². The number of nitrogens with one attached hydrogen (secondary N) is 1. The zero-order chi connectivity index (χ0) is 16.4. The van der Waals surface area contributed by atoms with Gasteiger partial charge in [0.15, 0.2) is 5.76 Å². The van der Waals surface area contributed by atoms with E-state index >= 15 is 0 Å². The molecule has 0 spiro atoms. The fourth-order valence-electron chi connectivity index (χ4n) is 2.42. The summed E-state index contributed by atoms with van der Waals surface area (Å²) in [6.45, 7) is 2.21. The summed E-state index contributed by atoms with van der Waals surface area (Å²) >= 11 is 3.42. The molecule has 23 heavy (non-hydrogen) atoms. The van der Waals surface area contributed by atoms with E-state index in [9.17, 15) is 4.79 Å². The van der Waals surface area contributed by atoms with Crippen LogP contribution in [0.1, 0.15) is 27.2 Å². The van der Waals surface area contributed by atoms with Crippen molar-refractivity contribution < 1.29 is 9.21 Å². The minimum atomic E-state index is -0.266. The van der Waals surface area contributed by atoms with Gasteiger partial charge in [-0.25, -0.2) is 0 Å². The Morgan fingerprint density at radius 2 is 2.13 bits per heavy atom. The van der Waals surface area contributed by atoms with Gasteiger partial charge >= 0.3 is 0 Å². The molecule has 114 valence electrons. The fourth-order valence-corrected chi connectivity index (χ4v) is 2.78. The van der Waals surface area contributed by atoms with E-state index < -0.39 is 0 Å². The predicted molar refractivity (Wildman–Crippen MR) is 91.0 cm³/mol. The number of hydrogen-bond acceptors (Lipinski definition) is 3. The van der Waals surface area contributed by atoms with Crippen LogP contribution in [0, 0.1) is 18.3 Å². The molecule has 0 fully saturated rings. The number of nitrogens with zero attached hydrogens (tertiary/aromatic N) is 1. The summed E-state index contributed by atoms with van der Waals surface area (Å²) in [7, 11) is 0. The van der Waals surface area contributed by atoms with Gasteiger partial charge in [0, 0.05) is 22.0 Å². The molecule has 0 unspecified atom stereocenters. The number of benzene rings is 2. The first-order valence-corrected chi connectivity index (χ1v) is 7.83. The minimum Gasteiger partial charge on any atom is -0.451 e. The summed E-state index contributed by atoms with van der Waals surface area (Å²) in [5, 5.41) is 12.6. The summed E-state index contributed by atoms with van der Waals surface area (Å²) in [6, 6.07) is 14.9. The van der Waals surface area contributed by atoms with Gasteiger partial charge in [0.05, 0.1) is 11.6 Å². The number of halogens is 1. The van der Waals surface area contributed by atoms with Gasteiger partial charge in [-0.15, -0.1) is 0 Å². The Morgan fingerprint density at radius 3 is 2.91 bits per heavy atom. The van der Waals surface area contributed by atoms with E-state index in [1.165, 1.54) is 0 Å². The minimum absolute atomic E-state index is 0.266. The van der Waals surface area contributed by atoms with Gasteiger partial charge in [0.1, 0.15) is 5.58 Å². The van der Waals surface area contributed by atoms with Crippen LogP contribution in [0.25, 0.3) is 11.0 Å². The SMILES string of the molecule is Cc1c(C(=O)NCc2cccc(C#N)c2)oc2ccc(Br)cc12. The molecule has 0 aliphatic rings. The lowest BCUT2D eigenvalue weighted by Crippen LogP contribution is -2.23. The first-order chi connectivity index (χ1) is 11.1. The van der Waals surface area contributed by atoms with Crippen molar-refractivity contribution >= 4 is 32.8 Å². The maximum absolute atomic E-state index is 12.4. The molecule has 4 nitrogen and oxygen atoms in total. The number of fused-ring (bicyclic) bond motifs is 1. The lowest BCUT2D eigenvalue weighted by molar-refractivity contribution is 0.0924. The van der Waals surface area contributed by atoms with Crippen LogP contribution in [-0.2, 0) is 6.54 Å². The quantitative estimate of drug-likeness (QED) is 0.748. The number of rotatable bonds is 3. The Balaban J connectivity index is 1.81. The maximum atomic E-state index is 12.4. The van der Waals surface area contributed by atoms with Gasteiger partial charge in [-0.3, -0.25) is 4.79 Å². The summed E-state index contributed by atoms with van der Waals surface area (Å²) in [4.78, 5) is 12.4. The highest BCUT2D eigenvalue weighted by Crippen LogP contribution is 2.28. The number of hydrogen-bond donors (Lipinski definition) is 1. The van der Waals surface area contributed by atoms with Gasteiger partial charge in [0.2, 0.25) is 0 Å². The number of nitriles is 1. The molecule has 3 aromatic rings. The molecular weight excluding hydrogens is 356 g/mol. The Kier molecular flexibility index (Phi) is 4.18. The number of aryl methyl sites for hydroxylation is 1. The largest absolute Gasteiger partial charge is 0.451 e. The third kappa shape index (κ3) is 3.13. The predicted octanol–water partition coefficient (Wildman–Crippen LogP) is 4.31. The summed E-state index contributed by atoms with van der Waals surface area (Å²) < 4.78 is 6.60. The van der Waals surface area contributed by atoms with Crippen molar-refractivity contribution in [1.82, 2.24) is 5.32 Å². The Hall–Kier alpha value is -2.58. The van der Waals surface area contributed by atoms with Crippen LogP contribution in [0.4, 0.5) is 0 Å². The average molecular weight is 369 g/mol. The fraction of sp³-hybridized carbons (Fsp3) is 0.111. The van der Waals surface area contributed by atoms with Crippen molar-refractivity contribution in [3.63, 3.8) is 0 Å². The van der Waals surface area contributed by atoms with Gasteiger partial charge < -0.3 is 9.73 Å². The van der Waals surface area contributed by atoms with E-state index in [4.69, 9.17) is 9.68 Å². The molecule has 2 aromatic carbocycles. The van der Waals surface area contributed by atoms with Gasteiger partial charge in [0.25, 0.3) is 5.91 Å². The van der Waals surface area contributed by atoms with E-state index in [1.807, 2.05) is 31.2 Å². The molecule has 1 amide bonds. The summed E-state index contributed by atoms with van der Waals surface area (Å²) in [5.41, 5.74) is 2.93. The number of carbonyl (C=O) groups is 1. The average Bonchev–Trinajstić information content (AvgIpc) is 2.89. The smallest absolute Gasteiger partial charge is 0.287 e. The van der Waals surface area contributed by atoms with E-state index in [0.717, 1.165) is 21.0 Å². The highest BCUT2D eigenvalue weighted by molar-refractivity contribution is 9.10. The lowest BCUT2D eigenvalue weighted by Gasteiger charge is -2.04. The van der Waals surface area contributed by atoms with E-state index in [1.54, 1.807) is 18.2 Å². The molecule has 5 heteroatoms. The van der Waals surface area contributed by atoms with E-state index in [-0.39, 0.29) is 5.91 Å². The van der Waals surface area contributed by atoms with Crippen molar-refractivity contribution in [2.45, 2.75) is 13.5 Å². The molecule has 0 saturated carbocycles. The first-order valence-electron chi connectivity index (χ1n) is 7.04. The Labute approximate surface area is 141 Å². The topological polar surface area (TPSA) is 66.0 Å². The Morgan fingerprint density at radius 1 is 1.30 bits per heavy atom. The third-order valence-corrected chi connectivity index (χ3v) is 4.11. The highest BCUT2D eigenvalue weighted by Gasteiger charge is 2.17. The molecule has 0 radical (unpaired) electrons. The van der Waals surface area contributed by atoms with Crippen molar-refractivity contribution in [1.29, 1.82) is 5.26 Å². The molecule has 3 rings (SSSR count).